The van der Waals surface area contributed by atoms with Gasteiger partial charge in [0.05, 0.1) is 23.9 Å². The summed E-state index contributed by atoms with van der Waals surface area (Å²) in [4.78, 5) is 12.0. The van der Waals surface area contributed by atoms with Gasteiger partial charge in [-0.1, -0.05) is 6.07 Å². The molecule has 1 atom stereocenters. The minimum atomic E-state index is 0.204. The van der Waals surface area contributed by atoms with E-state index >= 15 is 0 Å². The number of nitrogen functional groups attached to an aromatic ring is 1. The second-order valence-electron chi connectivity index (χ2n) is 7.05. The third-order valence-corrected chi connectivity index (χ3v) is 5.28. The Hall–Kier alpha value is -2.87. The number of rotatable bonds is 0. The monoisotopic (exact) mass is 365 g/mol. The van der Waals surface area contributed by atoms with E-state index < -0.39 is 0 Å². The van der Waals surface area contributed by atoms with Crippen molar-refractivity contribution in [3.05, 3.63) is 41.7 Å². The molecule has 3 N–H and O–H groups in total. The highest BCUT2D eigenvalue weighted by molar-refractivity contribution is 5.62. The topological polar surface area (TPSA) is 93.6 Å². The molecule has 4 bridgehead atoms. The predicted molar refractivity (Wildman–Crippen MR) is 103 cm³/mol. The Morgan fingerprint density at radius 2 is 2.15 bits per heavy atom. The van der Waals surface area contributed by atoms with Crippen LogP contribution < -0.4 is 20.7 Å². The van der Waals surface area contributed by atoms with Crippen molar-refractivity contribution in [1.29, 1.82) is 0 Å². The average molecular weight is 365 g/mol. The predicted octanol–water partition coefficient (Wildman–Crippen LogP) is 1.92. The zero-order valence-electron chi connectivity index (χ0n) is 15.1. The van der Waals surface area contributed by atoms with Gasteiger partial charge in [0.25, 0.3) is 0 Å². The van der Waals surface area contributed by atoms with Gasteiger partial charge in [0.1, 0.15) is 5.82 Å². The van der Waals surface area contributed by atoms with E-state index in [4.69, 9.17) is 20.4 Å². The fourth-order valence-corrected chi connectivity index (χ4v) is 3.94. The highest BCUT2D eigenvalue weighted by Gasteiger charge is 2.29. The second kappa shape index (κ2) is 6.70. The lowest BCUT2D eigenvalue weighted by molar-refractivity contribution is 0.295. The van der Waals surface area contributed by atoms with E-state index in [0.717, 1.165) is 55.1 Å². The molecule has 0 saturated carbocycles. The Bertz CT molecular complexity index is 970. The molecule has 27 heavy (non-hydrogen) atoms. The van der Waals surface area contributed by atoms with Crippen molar-refractivity contribution in [2.75, 3.05) is 30.3 Å². The summed E-state index contributed by atoms with van der Waals surface area (Å²) in [5.41, 5.74) is 8.94. The third kappa shape index (κ3) is 2.95. The molecule has 0 aliphatic carbocycles. The average Bonchev–Trinajstić information content (AvgIpc) is 3.28. The maximum atomic E-state index is 6.15. The Kier molecular flexibility index (Phi) is 4.05. The maximum absolute atomic E-state index is 6.15. The van der Waals surface area contributed by atoms with Crippen LogP contribution in [0, 0.1) is 0 Å². The van der Waals surface area contributed by atoms with Gasteiger partial charge < -0.3 is 20.7 Å². The number of hydrogen-bond acceptors (Lipinski definition) is 7. The quantitative estimate of drug-likeness (QED) is 0.628. The van der Waals surface area contributed by atoms with Crippen LogP contribution >= 0.6 is 0 Å². The van der Waals surface area contributed by atoms with Gasteiger partial charge in [0.15, 0.2) is 11.5 Å². The number of anilines is 2. The van der Waals surface area contributed by atoms with E-state index in [1.807, 2.05) is 24.4 Å². The summed E-state index contributed by atoms with van der Waals surface area (Å²) in [6.07, 6.45) is 5.00. The second-order valence-corrected chi connectivity index (χ2v) is 7.05. The van der Waals surface area contributed by atoms with Crippen molar-refractivity contribution >= 4 is 17.3 Å². The maximum Gasteiger partial charge on any atom is 0.213 e. The first-order valence-corrected chi connectivity index (χ1v) is 9.50. The summed E-state index contributed by atoms with van der Waals surface area (Å²) in [6, 6.07) is 8.24. The van der Waals surface area contributed by atoms with E-state index in [-0.39, 0.29) is 6.04 Å². The number of fused-ring (bicyclic) bond motifs is 6. The summed E-state index contributed by atoms with van der Waals surface area (Å²) in [6.45, 7) is 3.05. The Morgan fingerprint density at radius 1 is 1.19 bits per heavy atom. The van der Waals surface area contributed by atoms with E-state index in [9.17, 15) is 0 Å². The minimum absolute atomic E-state index is 0.204. The highest BCUT2D eigenvalue weighted by atomic mass is 16.5. The number of aromatic nitrogens is 4. The normalized spacial score (nSPS) is 20.1. The molecule has 3 aromatic rings. The molecule has 0 aromatic carbocycles. The van der Waals surface area contributed by atoms with Crippen LogP contribution in [-0.4, -0.2) is 39.3 Å². The molecule has 1 unspecified atom stereocenters. The van der Waals surface area contributed by atoms with Crippen LogP contribution in [0.25, 0.3) is 5.65 Å². The lowest BCUT2D eigenvalue weighted by atomic mass is 10.1. The van der Waals surface area contributed by atoms with Crippen LogP contribution in [0.1, 0.15) is 36.6 Å². The van der Waals surface area contributed by atoms with Crippen molar-refractivity contribution in [2.24, 2.45) is 0 Å². The van der Waals surface area contributed by atoms with Crippen LogP contribution in [-0.2, 0) is 6.54 Å². The van der Waals surface area contributed by atoms with Gasteiger partial charge in [-0.15, -0.1) is 5.10 Å². The summed E-state index contributed by atoms with van der Waals surface area (Å²) in [5.74, 6) is 2.16. The SMILES string of the molecule is Nc1nn2ccc3nc2c1CNCCCOc1cccc(n1)C1CCCN31. The molecule has 0 spiro atoms. The lowest BCUT2D eigenvalue weighted by Gasteiger charge is -2.25. The smallest absolute Gasteiger partial charge is 0.213 e. The van der Waals surface area contributed by atoms with E-state index in [0.29, 0.717) is 24.8 Å². The van der Waals surface area contributed by atoms with Crippen LogP contribution in [0.15, 0.2) is 30.5 Å². The van der Waals surface area contributed by atoms with Crippen molar-refractivity contribution in [2.45, 2.75) is 31.8 Å². The molecule has 1 fully saturated rings. The van der Waals surface area contributed by atoms with E-state index in [1.54, 1.807) is 4.52 Å². The standard InChI is InChI=1S/C19H23N7O/c20-18-13-12-21-8-3-11-27-17-6-1-4-14(22-17)15-5-2-9-25(15)16-7-10-26(24-18)19(13)23-16/h1,4,6-7,10,15,21H,2-3,5,8-9,11-12H2,(H2,20,24). The first-order valence-electron chi connectivity index (χ1n) is 9.50. The third-order valence-electron chi connectivity index (χ3n) is 5.28. The van der Waals surface area contributed by atoms with Gasteiger partial charge in [-0.25, -0.2) is 14.5 Å². The zero-order valence-corrected chi connectivity index (χ0v) is 15.1. The van der Waals surface area contributed by atoms with Crippen molar-refractivity contribution in [3.8, 4) is 5.88 Å². The van der Waals surface area contributed by atoms with Crippen LogP contribution in [0.3, 0.4) is 0 Å². The molecule has 8 nitrogen and oxygen atoms in total. The van der Waals surface area contributed by atoms with Gasteiger partial charge in [0.2, 0.25) is 5.88 Å². The van der Waals surface area contributed by atoms with Gasteiger partial charge in [-0.2, -0.15) is 0 Å². The summed E-state index contributed by atoms with van der Waals surface area (Å²) in [5, 5.41) is 7.82. The Labute approximate surface area is 157 Å². The summed E-state index contributed by atoms with van der Waals surface area (Å²) < 4.78 is 7.62. The zero-order chi connectivity index (χ0) is 18.2. The van der Waals surface area contributed by atoms with Gasteiger partial charge in [-0.05, 0) is 37.9 Å². The van der Waals surface area contributed by atoms with E-state index in [1.165, 1.54) is 0 Å². The minimum Gasteiger partial charge on any atom is -0.478 e. The Balaban J connectivity index is 1.61. The van der Waals surface area contributed by atoms with Crippen molar-refractivity contribution < 1.29 is 4.74 Å². The molecule has 0 radical (unpaired) electrons. The van der Waals surface area contributed by atoms with Gasteiger partial charge in [0, 0.05) is 25.4 Å². The molecule has 140 valence electrons. The number of pyridine rings is 1. The molecular formula is C19H23N7O. The molecule has 1 saturated heterocycles. The van der Waals surface area contributed by atoms with Gasteiger partial charge in [-0.3, -0.25) is 0 Å². The van der Waals surface area contributed by atoms with Crippen molar-refractivity contribution in [1.82, 2.24) is 24.9 Å². The number of nitrogens with two attached hydrogens (primary N) is 1. The Morgan fingerprint density at radius 3 is 3.11 bits per heavy atom. The van der Waals surface area contributed by atoms with Crippen LogP contribution in [0.2, 0.25) is 0 Å². The number of nitrogens with zero attached hydrogens (tertiary/aromatic N) is 5. The van der Waals surface area contributed by atoms with E-state index in [2.05, 4.69) is 21.4 Å². The first kappa shape index (κ1) is 16.3. The molecule has 5 heterocycles. The highest BCUT2D eigenvalue weighted by Crippen LogP contribution is 2.35. The van der Waals surface area contributed by atoms with Crippen molar-refractivity contribution in [3.63, 3.8) is 0 Å². The fourth-order valence-electron chi connectivity index (χ4n) is 3.94. The number of hydrogen-bond donors (Lipinski definition) is 2. The van der Waals surface area contributed by atoms with Crippen LogP contribution in [0.5, 0.6) is 5.88 Å². The molecule has 5 rings (SSSR count). The van der Waals surface area contributed by atoms with Gasteiger partial charge >= 0.3 is 0 Å². The molecule has 3 aromatic heterocycles. The first-order chi connectivity index (χ1) is 13.3. The molecule has 2 aliphatic heterocycles. The largest absolute Gasteiger partial charge is 0.478 e. The lowest BCUT2D eigenvalue weighted by Crippen LogP contribution is -2.24. The summed E-state index contributed by atoms with van der Waals surface area (Å²) >= 11 is 0. The fraction of sp³-hybridized carbons (Fsp3) is 0.421. The number of nitrogens with one attached hydrogen (secondary N) is 1. The molecule has 2 aliphatic rings. The van der Waals surface area contributed by atoms with Crippen LogP contribution in [0.4, 0.5) is 11.6 Å². The summed E-state index contributed by atoms with van der Waals surface area (Å²) in [7, 11) is 0. The number of ether oxygens (including phenoxy) is 1. The molecular weight excluding hydrogens is 342 g/mol. The molecule has 8 heteroatoms. The molecule has 0 amide bonds.